The molecule has 0 radical (unpaired) electrons. The second-order valence-electron chi connectivity index (χ2n) is 6.36. The van der Waals surface area contributed by atoms with Gasteiger partial charge in [0.05, 0.1) is 0 Å². The minimum Gasteiger partial charge on any atom is -0.324 e. The van der Waals surface area contributed by atoms with Crippen molar-refractivity contribution in [2.45, 2.75) is 59.4 Å². The lowest BCUT2D eigenvalue weighted by Gasteiger charge is -2.32. The van der Waals surface area contributed by atoms with E-state index in [0.29, 0.717) is 5.92 Å². The molecule has 0 aromatic heterocycles. The van der Waals surface area contributed by atoms with Crippen LogP contribution in [0.1, 0.15) is 60.9 Å². The lowest BCUT2D eigenvalue weighted by Crippen LogP contribution is -2.26. The smallest absolute Gasteiger partial charge is 0.0328 e. The number of hydrogen-bond acceptors (Lipinski definition) is 1. The van der Waals surface area contributed by atoms with Gasteiger partial charge in [-0.2, -0.15) is 0 Å². The van der Waals surface area contributed by atoms with Gasteiger partial charge in [-0.25, -0.2) is 0 Å². The Hall–Kier alpha value is -0.820. The summed E-state index contributed by atoms with van der Waals surface area (Å²) in [5.41, 5.74) is 12.1. The average Bonchev–Trinajstić information content (AvgIpc) is 2.28. The minimum absolute atomic E-state index is 0.234. The minimum atomic E-state index is 0.234. The zero-order chi connectivity index (χ0) is 13.3. The fraction of sp³-hybridized carbons (Fsp3) is 0.647. The van der Waals surface area contributed by atoms with Crippen molar-refractivity contribution in [1.29, 1.82) is 0 Å². The van der Waals surface area contributed by atoms with Crippen molar-refractivity contribution in [1.82, 2.24) is 0 Å². The lowest BCUT2D eigenvalue weighted by molar-refractivity contribution is 0.255. The molecule has 0 aliphatic heterocycles. The Kier molecular flexibility index (Phi) is 4.11. The molecule has 1 heteroatoms. The Morgan fingerprint density at radius 2 is 1.50 bits per heavy atom. The third-order valence-corrected chi connectivity index (χ3v) is 4.64. The first kappa shape index (κ1) is 13.6. The number of aryl methyl sites for hydroxylation is 3. The summed E-state index contributed by atoms with van der Waals surface area (Å²) in [6.45, 7) is 8.95. The molecule has 2 N–H and O–H groups in total. The number of benzene rings is 1. The molecule has 18 heavy (non-hydrogen) atoms. The lowest BCUT2D eigenvalue weighted by atomic mass is 9.76. The van der Waals surface area contributed by atoms with E-state index in [0.717, 1.165) is 5.92 Å². The van der Waals surface area contributed by atoms with Crippen LogP contribution in [-0.4, -0.2) is 0 Å². The Bertz CT molecular complexity index is 391. The summed E-state index contributed by atoms with van der Waals surface area (Å²) in [4.78, 5) is 0. The van der Waals surface area contributed by atoms with Crippen molar-refractivity contribution < 1.29 is 0 Å². The van der Waals surface area contributed by atoms with Crippen molar-refractivity contribution in [3.8, 4) is 0 Å². The van der Waals surface area contributed by atoms with Gasteiger partial charge in [0, 0.05) is 6.04 Å². The predicted octanol–water partition coefficient (Wildman–Crippen LogP) is 4.44. The summed E-state index contributed by atoms with van der Waals surface area (Å²) < 4.78 is 0. The fourth-order valence-corrected chi connectivity index (χ4v) is 3.60. The van der Waals surface area contributed by atoms with Gasteiger partial charge in [0.15, 0.2) is 0 Å². The molecule has 1 aromatic rings. The van der Waals surface area contributed by atoms with Crippen molar-refractivity contribution >= 4 is 0 Å². The maximum atomic E-state index is 6.57. The van der Waals surface area contributed by atoms with Gasteiger partial charge in [0.25, 0.3) is 0 Å². The molecule has 1 atom stereocenters. The van der Waals surface area contributed by atoms with Gasteiger partial charge in [-0.05, 0) is 62.1 Å². The molecular weight excluding hydrogens is 218 g/mol. The summed E-state index contributed by atoms with van der Waals surface area (Å²) in [6, 6.07) is 4.78. The SMILES string of the molecule is Cc1cc(C)c(C(N)C2CCC(C)CC2)c(C)c1. The zero-order valence-electron chi connectivity index (χ0n) is 12.3. The van der Waals surface area contributed by atoms with Gasteiger partial charge in [-0.15, -0.1) is 0 Å². The molecule has 1 nitrogen and oxygen atoms in total. The second kappa shape index (κ2) is 5.44. The molecule has 0 heterocycles. The van der Waals surface area contributed by atoms with Crippen LogP contribution < -0.4 is 5.73 Å². The summed E-state index contributed by atoms with van der Waals surface area (Å²) in [5, 5.41) is 0. The summed E-state index contributed by atoms with van der Waals surface area (Å²) in [7, 11) is 0. The molecule has 1 aliphatic carbocycles. The van der Waals surface area contributed by atoms with Gasteiger partial charge < -0.3 is 5.73 Å². The molecule has 100 valence electrons. The molecule has 1 unspecified atom stereocenters. The topological polar surface area (TPSA) is 26.0 Å². The summed E-state index contributed by atoms with van der Waals surface area (Å²) >= 11 is 0. The molecule has 1 aromatic carbocycles. The number of nitrogens with two attached hydrogens (primary N) is 1. The molecule has 1 aliphatic rings. The van der Waals surface area contributed by atoms with E-state index in [1.807, 2.05) is 0 Å². The largest absolute Gasteiger partial charge is 0.324 e. The summed E-state index contributed by atoms with van der Waals surface area (Å²) in [5.74, 6) is 1.58. The van der Waals surface area contributed by atoms with Gasteiger partial charge >= 0.3 is 0 Å². The van der Waals surface area contributed by atoms with Crippen LogP contribution in [0.15, 0.2) is 12.1 Å². The second-order valence-corrected chi connectivity index (χ2v) is 6.36. The zero-order valence-corrected chi connectivity index (χ0v) is 12.3. The van der Waals surface area contributed by atoms with Crippen LogP contribution in [0, 0.1) is 32.6 Å². The molecular formula is C17H27N. The molecule has 0 spiro atoms. The Labute approximate surface area is 112 Å². The van der Waals surface area contributed by atoms with E-state index in [2.05, 4.69) is 39.8 Å². The molecule has 0 bridgehead atoms. The standard InChI is InChI=1S/C17H27N/c1-11-5-7-15(8-6-11)17(18)16-13(3)9-12(2)10-14(16)4/h9-11,15,17H,5-8,18H2,1-4H3. The van der Waals surface area contributed by atoms with E-state index in [9.17, 15) is 0 Å². The third kappa shape index (κ3) is 2.77. The van der Waals surface area contributed by atoms with E-state index in [4.69, 9.17) is 5.73 Å². The van der Waals surface area contributed by atoms with Crippen LogP contribution in [-0.2, 0) is 0 Å². The van der Waals surface area contributed by atoms with Crippen LogP contribution in [0.4, 0.5) is 0 Å². The highest BCUT2D eigenvalue weighted by molar-refractivity contribution is 5.39. The maximum absolute atomic E-state index is 6.57. The number of hydrogen-bond donors (Lipinski definition) is 1. The third-order valence-electron chi connectivity index (χ3n) is 4.64. The van der Waals surface area contributed by atoms with Crippen LogP contribution in [0.25, 0.3) is 0 Å². The van der Waals surface area contributed by atoms with Crippen molar-refractivity contribution in [3.63, 3.8) is 0 Å². The van der Waals surface area contributed by atoms with Crippen LogP contribution >= 0.6 is 0 Å². The van der Waals surface area contributed by atoms with Crippen molar-refractivity contribution in [3.05, 3.63) is 34.4 Å². The maximum Gasteiger partial charge on any atom is 0.0328 e. The van der Waals surface area contributed by atoms with E-state index < -0.39 is 0 Å². The first-order valence-corrected chi connectivity index (χ1v) is 7.32. The predicted molar refractivity (Wildman–Crippen MR) is 78.7 cm³/mol. The van der Waals surface area contributed by atoms with E-state index >= 15 is 0 Å². The van der Waals surface area contributed by atoms with E-state index in [-0.39, 0.29) is 6.04 Å². The fourth-order valence-electron chi connectivity index (χ4n) is 3.60. The normalized spacial score (nSPS) is 26.1. The van der Waals surface area contributed by atoms with Gasteiger partial charge in [0.2, 0.25) is 0 Å². The Balaban J connectivity index is 2.21. The molecule has 0 saturated heterocycles. The molecule has 1 fully saturated rings. The molecule has 1 saturated carbocycles. The quantitative estimate of drug-likeness (QED) is 0.819. The monoisotopic (exact) mass is 245 g/mol. The highest BCUT2D eigenvalue weighted by Gasteiger charge is 2.26. The first-order valence-electron chi connectivity index (χ1n) is 7.32. The van der Waals surface area contributed by atoms with Crippen LogP contribution in [0.5, 0.6) is 0 Å². The number of rotatable bonds is 2. The highest BCUT2D eigenvalue weighted by Crippen LogP contribution is 2.37. The van der Waals surface area contributed by atoms with Crippen LogP contribution in [0.2, 0.25) is 0 Å². The average molecular weight is 245 g/mol. The first-order chi connectivity index (χ1) is 8.49. The summed E-state index contributed by atoms with van der Waals surface area (Å²) in [6.07, 6.45) is 5.30. The van der Waals surface area contributed by atoms with E-state index in [1.54, 1.807) is 0 Å². The van der Waals surface area contributed by atoms with Crippen molar-refractivity contribution in [2.24, 2.45) is 17.6 Å². The Morgan fingerprint density at radius 1 is 1.00 bits per heavy atom. The molecule has 2 rings (SSSR count). The highest BCUT2D eigenvalue weighted by atomic mass is 14.7. The molecule has 0 amide bonds. The van der Waals surface area contributed by atoms with E-state index in [1.165, 1.54) is 47.9 Å². The van der Waals surface area contributed by atoms with Gasteiger partial charge in [-0.1, -0.05) is 37.5 Å². The van der Waals surface area contributed by atoms with Gasteiger partial charge in [-0.3, -0.25) is 0 Å². The Morgan fingerprint density at radius 3 is 2.00 bits per heavy atom. The van der Waals surface area contributed by atoms with Crippen molar-refractivity contribution in [2.75, 3.05) is 0 Å². The van der Waals surface area contributed by atoms with Crippen LogP contribution in [0.3, 0.4) is 0 Å². The van der Waals surface area contributed by atoms with Gasteiger partial charge in [0.1, 0.15) is 0 Å².